The van der Waals surface area contributed by atoms with Crippen molar-refractivity contribution in [1.29, 1.82) is 0 Å². The van der Waals surface area contributed by atoms with Gasteiger partial charge < -0.3 is 10.5 Å². The molecule has 3 heteroatoms. The predicted octanol–water partition coefficient (Wildman–Crippen LogP) is 1.47. The van der Waals surface area contributed by atoms with Crippen molar-refractivity contribution in [2.45, 2.75) is 39.7 Å². The molecule has 3 nitrogen and oxygen atoms in total. The summed E-state index contributed by atoms with van der Waals surface area (Å²) < 4.78 is 5.40. The summed E-state index contributed by atoms with van der Waals surface area (Å²) in [5.74, 6) is 0. The third-order valence-corrected chi connectivity index (χ3v) is 3.30. The van der Waals surface area contributed by atoms with Crippen LogP contribution < -0.4 is 5.73 Å². The van der Waals surface area contributed by atoms with Gasteiger partial charge in [0.15, 0.2) is 0 Å². The van der Waals surface area contributed by atoms with E-state index in [1.54, 1.807) is 0 Å². The molecule has 0 bridgehead atoms. The van der Waals surface area contributed by atoms with Gasteiger partial charge in [0.2, 0.25) is 0 Å². The van der Waals surface area contributed by atoms with E-state index in [0.29, 0.717) is 6.04 Å². The molecule has 0 aromatic carbocycles. The first-order chi connectivity index (χ1) is 7.09. The van der Waals surface area contributed by atoms with Crippen molar-refractivity contribution in [2.75, 3.05) is 32.8 Å². The Morgan fingerprint density at radius 1 is 1.33 bits per heavy atom. The fourth-order valence-electron chi connectivity index (χ4n) is 2.16. The summed E-state index contributed by atoms with van der Waals surface area (Å²) >= 11 is 0. The molecule has 1 heterocycles. The molecule has 0 spiro atoms. The number of hydrogen-bond donors (Lipinski definition) is 1. The highest BCUT2D eigenvalue weighted by Crippen LogP contribution is 2.20. The van der Waals surface area contributed by atoms with E-state index >= 15 is 0 Å². The van der Waals surface area contributed by atoms with Gasteiger partial charge in [-0.1, -0.05) is 20.8 Å². The Morgan fingerprint density at radius 3 is 2.40 bits per heavy atom. The van der Waals surface area contributed by atoms with Crippen LogP contribution in [0.3, 0.4) is 0 Å². The predicted molar refractivity (Wildman–Crippen MR) is 63.9 cm³/mol. The first-order valence-corrected chi connectivity index (χ1v) is 6.11. The van der Waals surface area contributed by atoms with Crippen LogP contribution in [0.2, 0.25) is 0 Å². The Kier molecular flexibility index (Phi) is 5.03. The van der Waals surface area contributed by atoms with E-state index in [4.69, 9.17) is 10.5 Å². The maximum atomic E-state index is 5.79. The highest BCUT2D eigenvalue weighted by Gasteiger charge is 2.25. The summed E-state index contributed by atoms with van der Waals surface area (Å²) in [5, 5.41) is 0. The van der Waals surface area contributed by atoms with Gasteiger partial charge in [0.1, 0.15) is 0 Å². The molecule has 0 aliphatic carbocycles. The fraction of sp³-hybridized carbons (Fsp3) is 1.00. The van der Waals surface area contributed by atoms with Gasteiger partial charge in [0, 0.05) is 25.8 Å². The molecule has 1 rings (SSSR count). The Hall–Kier alpha value is -0.120. The van der Waals surface area contributed by atoms with E-state index < -0.39 is 0 Å². The first-order valence-electron chi connectivity index (χ1n) is 6.11. The SMILES string of the molecule is CCN(CC(C)(C)CN)C1CCOCC1. The van der Waals surface area contributed by atoms with Crippen molar-refractivity contribution in [1.82, 2.24) is 4.90 Å². The summed E-state index contributed by atoms with van der Waals surface area (Å²) in [5.41, 5.74) is 6.02. The summed E-state index contributed by atoms with van der Waals surface area (Å²) in [7, 11) is 0. The first kappa shape index (κ1) is 12.9. The average molecular weight is 214 g/mol. The zero-order valence-electron chi connectivity index (χ0n) is 10.5. The second-order valence-corrected chi connectivity index (χ2v) is 5.27. The average Bonchev–Trinajstić information content (AvgIpc) is 2.27. The molecule has 1 aliphatic rings. The molecule has 0 atom stereocenters. The minimum absolute atomic E-state index is 0.230. The van der Waals surface area contributed by atoms with Crippen molar-refractivity contribution in [2.24, 2.45) is 11.1 Å². The molecule has 0 radical (unpaired) electrons. The quantitative estimate of drug-likeness (QED) is 0.753. The Bertz CT molecular complexity index is 176. The van der Waals surface area contributed by atoms with Gasteiger partial charge in [-0.3, -0.25) is 4.90 Å². The second kappa shape index (κ2) is 5.83. The minimum Gasteiger partial charge on any atom is -0.381 e. The number of nitrogens with two attached hydrogens (primary N) is 1. The molecule has 1 saturated heterocycles. The van der Waals surface area contributed by atoms with Crippen LogP contribution >= 0.6 is 0 Å². The summed E-state index contributed by atoms with van der Waals surface area (Å²) in [6, 6.07) is 0.703. The van der Waals surface area contributed by atoms with Gasteiger partial charge in [0.05, 0.1) is 0 Å². The van der Waals surface area contributed by atoms with Crippen molar-refractivity contribution < 1.29 is 4.74 Å². The maximum absolute atomic E-state index is 5.79. The van der Waals surface area contributed by atoms with Crippen LogP contribution in [0.15, 0.2) is 0 Å². The molecular weight excluding hydrogens is 188 g/mol. The largest absolute Gasteiger partial charge is 0.381 e. The smallest absolute Gasteiger partial charge is 0.0480 e. The van der Waals surface area contributed by atoms with Gasteiger partial charge in [-0.05, 0) is 31.3 Å². The lowest BCUT2D eigenvalue weighted by Gasteiger charge is -2.38. The number of hydrogen-bond acceptors (Lipinski definition) is 3. The molecule has 90 valence electrons. The van der Waals surface area contributed by atoms with Crippen molar-refractivity contribution in [3.05, 3.63) is 0 Å². The lowest BCUT2D eigenvalue weighted by Crippen LogP contribution is -2.46. The third-order valence-electron chi connectivity index (χ3n) is 3.30. The van der Waals surface area contributed by atoms with Gasteiger partial charge in [-0.2, -0.15) is 0 Å². The molecule has 15 heavy (non-hydrogen) atoms. The Morgan fingerprint density at radius 2 is 1.93 bits per heavy atom. The summed E-state index contributed by atoms with van der Waals surface area (Å²) in [4.78, 5) is 2.56. The van der Waals surface area contributed by atoms with Crippen LogP contribution in [-0.4, -0.2) is 43.8 Å². The van der Waals surface area contributed by atoms with E-state index in [2.05, 4.69) is 25.7 Å². The molecule has 1 fully saturated rings. The van der Waals surface area contributed by atoms with Crippen molar-refractivity contribution in [3.63, 3.8) is 0 Å². The lowest BCUT2D eigenvalue weighted by molar-refractivity contribution is 0.0235. The highest BCUT2D eigenvalue weighted by atomic mass is 16.5. The van der Waals surface area contributed by atoms with Gasteiger partial charge in [-0.25, -0.2) is 0 Å². The minimum atomic E-state index is 0.230. The topological polar surface area (TPSA) is 38.5 Å². The maximum Gasteiger partial charge on any atom is 0.0480 e. The Labute approximate surface area is 94.0 Å². The van der Waals surface area contributed by atoms with Gasteiger partial charge in [0.25, 0.3) is 0 Å². The Balaban J connectivity index is 2.46. The van der Waals surface area contributed by atoms with E-state index in [0.717, 1.165) is 32.8 Å². The molecular formula is C12H26N2O. The van der Waals surface area contributed by atoms with Crippen LogP contribution in [0.5, 0.6) is 0 Å². The van der Waals surface area contributed by atoms with Gasteiger partial charge in [-0.15, -0.1) is 0 Å². The molecule has 1 aliphatic heterocycles. The van der Waals surface area contributed by atoms with Crippen molar-refractivity contribution >= 4 is 0 Å². The molecule has 0 aromatic rings. The van der Waals surface area contributed by atoms with Crippen LogP contribution in [0.4, 0.5) is 0 Å². The van der Waals surface area contributed by atoms with E-state index in [1.807, 2.05) is 0 Å². The normalized spacial score (nSPS) is 19.8. The van der Waals surface area contributed by atoms with Crippen molar-refractivity contribution in [3.8, 4) is 0 Å². The van der Waals surface area contributed by atoms with E-state index in [-0.39, 0.29) is 5.41 Å². The molecule has 0 saturated carbocycles. The molecule has 0 unspecified atom stereocenters. The highest BCUT2D eigenvalue weighted by molar-refractivity contribution is 4.80. The standard InChI is InChI=1S/C12H26N2O/c1-4-14(10-12(2,3)9-13)11-5-7-15-8-6-11/h11H,4-10,13H2,1-3H3. The van der Waals surface area contributed by atoms with E-state index in [1.165, 1.54) is 12.8 Å². The number of nitrogens with zero attached hydrogens (tertiary/aromatic N) is 1. The summed E-state index contributed by atoms with van der Waals surface area (Å²) in [6.45, 7) is 11.5. The zero-order chi connectivity index (χ0) is 11.3. The van der Waals surface area contributed by atoms with Crippen LogP contribution in [0.1, 0.15) is 33.6 Å². The number of rotatable bonds is 5. The van der Waals surface area contributed by atoms with Gasteiger partial charge >= 0.3 is 0 Å². The van der Waals surface area contributed by atoms with Crippen LogP contribution in [0.25, 0.3) is 0 Å². The monoisotopic (exact) mass is 214 g/mol. The van der Waals surface area contributed by atoms with Crippen LogP contribution in [0, 0.1) is 5.41 Å². The fourth-order valence-corrected chi connectivity index (χ4v) is 2.16. The van der Waals surface area contributed by atoms with E-state index in [9.17, 15) is 0 Å². The summed E-state index contributed by atoms with van der Waals surface area (Å²) in [6.07, 6.45) is 2.35. The van der Waals surface area contributed by atoms with Crippen LogP contribution in [-0.2, 0) is 4.74 Å². The molecule has 2 N–H and O–H groups in total. The molecule has 0 amide bonds. The third kappa shape index (κ3) is 4.09. The molecule has 0 aromatic heterocycles. The zero-order valence-corrected chi connectivity index (χ0v) is 10.5. The second-order valence-electron chi connectivity index (χ2n) is 5.27. The lowest BCUT2D eigenvalue weighted by atomic mass is 9.91. The number of ether oxygens (including phenoxy) is 1.